The van der Waals surface area contributed by atoms with Crippen LogP contribution >= 0.6 is 23.1 Å². The summed E-state index contributed by atoms with van der Waals surface area (Å²) in [5.41, 5.74) is 3.02. The lowest BCUT2D eigenvalue weighted by Crippen LogP contribution is -2.22. The highest BCUT2D eigenvalue weighted by Gasteiger charge is 2.18. The second kappa shape index (κ2) is 9.75. The zero-order chi connectivity index (χ0) is 22.5. The smallest absolute Gasteiger partial charge is 0.237 e. The van der Waals surface area contributed by atoms with E-state index < -0.39 is 0 Å². The monoisotopic (exact) mass is 464 g/mol. The van der Waals surface area contributed by atoms with E-state index >= 15 is 0 Å². The third-order valence-corrected chi connectivity index (χ3v) is 6.41. The number of aromatic nitrogens is 3. The molecule has 1 unspecified atom stereocenters. The van der Waals surface area contributed by atoms with Gasteiger partial charge in [-0.3, -0.25) is 14.6 Å². The summed E-state index contributed by atoms with van der Waals surface area (Å²) in [7, 11) is 0. The molecule has 8 nitrogen and oxygen atoms in total. The molecule has 4 aromatic rings. The van der Waals surface area contributed by atoms with Gasteiger partial charge in [-0.1, -0.05) is 35.2 Å². The molecule has 4 rings (SSSR count). The van der Waals surface area contributed by atoms with E-state index in [-0.39, 0.29) is 17.1 Å². The van der Waals surface area contributed by atoms with Crippen molar-refractivity contribution in [1.29, 1.82) is 0 Å². The Kier molecular flexibility index (Phi) is 6.62. The van der Waals surface area contributed by atoms with E-state index in [1.165, 1.54) is 30.0 Å². The molecule has 3 N–H and O–H groups in total. The van der Waals surface area contributed by atoms with Crippen LogP contribution in [0.4, 0.5) is 22.2 Å². The van der Waals surface area contributed by atoms with Crippen molar-refractivity contribution in [2.45, 2.75) is 23.4 Å². The number of rotatable bonds is 7. The summed E-state index contributed by atoms with van der Waals surface area (Å²) in [6.45, 7) is 3.29. The van der Waals surface area contributed by atoms with Crippen LogP contribution in [0, 0.1) is 0 Å². The lowest BCUT2D eigenvalue weighted by molar-refractivity contribution is -0.115. The summed E-state index contributed by atoms with van der Waals surface area (Å²) < 4.78 is 0.674. The highest BCUT2D eigenvalue weighted by atomic mass is 32.2. The molecular weight excluding hydrogens is 444 g/mol. The third kappa shape index (κ3) is 5.40. The molecule has 2 amide bonds. The van der Waals surface area contributed by atoms with Gasteiger partial charge < -0.3 is 16.0 Å². The average molecular weight is 465 g/mol. The second-order valence-electron chi connectivity index (χ2n) is 6.89. The molecule has 2 aromatic carbocycles. The molecule has 2 aromatic heterocycles. The molecule has 0 radical (unpaired) electrons. The number of hydrogen-bond acceptors (Lipinski definition) is 8. The van der Waals surface area contributed by atoms with E-state index in [0.29, 0.717) is 15.2 Å². The van der Waals surface area contributed by atoms with Crippen LogP contribution in [0.15, 0.2) is 65.1 Å². The molecule has 32 heavy (non-hydrogen) atoms. The Bertz CT molecular complexity index is 1270. The lowest BCUT2D eigenvalue weighted by atomic mass is 10.2. The molecule has 10 heteroatoms. The Labute approximate surface area is 192 Å². The van der Waals surface area contributed by atoms with Gasteiger partial charge in [0.2, 0.25) is 16.9 Å². The van der Waals surface area contributed by atoms with Crippen LogP contribution in [0.25, 0.3) is 10.9 Å². The Hall–Kier alpha value is -3.50. The molecule has 0 aliphatic carbocycles. The van der Waals surface area contributed by atoms with Gasteiger partial charge in [0.15, 0.2) is 4.34 Å². The lowest BCUT2D eigenvalue weighted by Gasteiger charge is -2.12. The van der Waals surface area contributed by atoms with Gasteiger partial charge in [-0.15, -0.1) is 10.2 Å². The number of fused-ring (bicyclic) bond motifs is 1. The summed E-state index contributed by atoms with van der Waals surface area (Å²) in [6, 6.07) is 16.7. The minimum absolute atomic E-state index is 0.126. The quantitative estimate of drug-likeness (QED) is 0.334. The van der Waals surface area contributed by atoms with Crippen LogP contribution in [-0.4, -0.2) is 32.2 Å². The molecule has 1 atom stereocenters. The van der Waals surface area contributed by atoms with Crippen LogP contribution in [0.1, 0.15) is 13.8 Å². The molecule has 0 saturated carbocycles. The minimum atomic E-state index is -0.370. The predicted molar refractivity (Wildman–Crippen MR) is 130 cm³/mol. The summed E-state index contributed by atoms with van der Waals surface area (Å²) in [5.74, 6) is -0.261. The summed E-state index contributed by atoms with van der Waals surface area (Å²) >= 11 is 2.69. The van der Waals surface area contributed by atoms with Gasteiger partial charge >= 0.3 is 0 Å². The first-order chi connectivity index (χ1) is 15.5. The molecule has 162 valence electrons. The van der Waals surface area contributed by atoms with Gasteiger partial charge in [-0.25, -0.2) is 0 Å². The van der Waals surface area contributed by atoms with Gasteiger partial charge in [0.05, 0.1) is 16.5 Å². The fourth-order valence-electron chi connectivity index (χ4n) is 2.96. The van der Waals surface area contributed by atoms with Crippen molar-refractivity contribution in [1.82, 2.24) is 15.2 Å². The first kappa shape index (κ1) is 21.7. The van der Waals surface area contributed by atoms with E-state index in [2.05, 4.69) is 31.1 Å². The van der Waals surface area contributed by atoms with E-state index in [1.54, 1.807) is 12.3 Å². The number of anilines is 4. The van der Waals surface area contributed by atoms with Crippen LogP contribution in [0.5, 0.6) is 0 Å². The normalized spacial score (nSPS) is 11.7. The van der Waals surface area contributed by atoms with Crippen molar-refractivity contribution in [2.75, 3.05) is 16.0 Å². The largest absolute Gasteiger partial charge is 0.330 e. The van der Waals surface area contributed by atoms with Crippen molar-refractivity contribution in [3.63, 3.8) is 0 Å². The van der Waals surface area contributed by atoms with Gasteiger partial charge in [0, 0.05) is 29.9 Å². The molecule has 2 heterocycles. The Morgan fingerprint density at radius 2 is 1.81 bits per heavy atom. The van der Waals surface area contributed by atoms with Crippen LogP contribution in [0.3, 0.4) is 0 Å². The molecule has 0 fully saturated rings. The molecule has 0 bridgehead atoms. The molecule has 0 aliphatic rings. The molecule has 0 aliphatic heterocycles. The number of pyridine rings is 1. The Morgan fingerprint density at radius 1 is 1.00 bits per heavy atom. The highest BCUT2D eigenvalue weighted by Crippen LogP contribution is 2.31. The number of hydrogen-bond donors (Lipinski definition) is 3. The SMILES string of the molecule is CC(=O)Nc1cccc(Nc2nnc(SC(C)C(=O)Nc3cccc4ncccc34)s2)c1. The fourth-order valence-corrected chi connectivity index (χ4v) is 4.88. The maximum Gasteiger partial charge on any atom is 0.237 e. The minimum Gasteiger partial charge on any atom is -0.330 e. The first-order valence-corrected chi connectivity index (χ1v) is 11.5. The average Bonchev–Trinajstić information content (AvgIpc) is 3.20. The number of nitrogens with zero attached hydrogens (tertiary/aromatic N) is 3. The summed E-state index contributed by atoms with van der Waals surface area (Å²) in [4.78, 5) is 28.3. The maximum atomic E-state index is 12.7. The predicted octanol–water partition coefficient (Wildman–Crippen LogP) is 4.91. The van der Waals surface area contributed by atoms with E-state index in [4.69, 9.17) is 0 Å². The Morgan fingerprint density at radius 3 is 2.66 bits per heavy atom. The molecular formula is C22H20N6O2S2. The van der Waals surface area contributed by atoms with E-state index in [0.717, 1.165) is 22.3 Å². The van der Waals surface area contributed by atoms with E-state index in [9.17, 15) is 9.59 Å². The maximum absolute atomic E-state index is 12.7. The van der Waals surface area contributed by atoms with Gasteiger partial charge in [0.25, 0.3) is 0 Å². The number of carbonyl (C=O) groups excluding carboxylic acids is 2. The van der Waals surface area contributed by atoms with Crippen molar-refractivity contribution >= 4 is 68.0 Å². The van der Waals surface area contributed by atoms with Crippen molar-refractivity contribution in [3.8, 4) is 0 Å². The Balaban J connectivity index is 1.38. The molecule has 0 saturated heterocycles. The number of carbonyl (C=O) groups is 2. The number of amides is 2. The molecule has 0 spiro atoms. The number of benzene rings is 2. The van der Waals surface area contributed by atoms with Crippen molar-refractivity contribution < 1.29 is 9.59 Å². The van der Waals surface area contributed by atoms with E-state index in [1.807, 2.05) is 55.5 Å². The zero-order valence-electron chi connectivity index (χ0n) is 17.3. The second-order valence-corrected chi connectivity index (χ2v) is 9.45. The van der Waals surface area contributed by atoms with Gasteiger partial charge in [-0.05, 0) is 49.4 Å². The zero-order valence-corrected chi connectivity index (χ0v) is 19.0. The number of nitrogens with one attached hydrogen (secondary N) is 3. The van der Waals surface area contributed by atoms with Crippen LogP contribution in [-0.2, 0) is 9.59 Å². The number of thioether (sulfide) groups is 1. The van der Waals surface area contributed by atoms with Gasteiger partial charge in [-0.2, -0.15) is 0 Å². The summed E-state index contributed by atoms with van der Waals surface area (Å²) in [6.07, 6.45) is 1.73. The highest BCUT2D eigenvalue weighted by molar-refractivity contribution is 8.02. The standard InChI is InChI=1S/C22H20N6O2S2/c1-13(20(30)26-19-10-4-9-18-17(19)8-5-11-23-18)31-22-28-27-21(32-22)25-16-7-3-6-15(12-16)24-14(2)29/h3-13H,1-2H3,(H,24,29)(H,25,27)(H,26,30). The first-order valence-electron chi connectivity index (χ1n) is 9.77. The van der Waals surface area contributed by atoms with Crippen molar-refractivity contribution in [2.24, 2.45) is 0 Å². The summed E-state index contributed by atoms with van der Waals surface area (Å²) in [5, 5.41) is 18.3. The fraction of sp³-hybridized carbons (Fsp3) is 0.136. The van der Waals surface area contributed by atoms with Crippen molar-refractivity contribution in [3.05, 3.63) is 60.8 Å². The third-order valence-electron chi connectivity index (χ3n) is 4.39. The van der Waals surface area contributed by atoms with Crippen LogP contribution in [0.2, 0.25) is 0 Å². The topological polar surface area (TPSA) is 109 Å². The van der Waals surface area contributed by atoms with Gasteiger partial charge in [0.1, 0.15) is 0 Å². The van der Waals surface area contributed by atoms with Crippen LogP contribution < -0.4 is 16.0 Å².